The quantitative estimate of drug-likeness (QED) is 0.582. The smallest absolute Gasteiger partial charge is 0.283 e. The summed E-state index contributed by atoms with van der Waals surface area (Å²) in [7, 11) is 1.60. The largest absolute Gasteiger partial charge is 0.490 e. The predicted molar refractivity (Wildman–Crippen MR) is 119 cm³/mol. The molecule has 1 aliphatic rings. The number of hydrogen-bond acceptors (Lipinski definition) is 5. The topological polar surface area (TPSA) is 62.0 Å². The van der Waals surface area contributed by atoms with Gasteiger partial charge in [-0.3, -0.25) is 4.79 Å². The second kappa shape index (κ2) is 10.1. The lowest BCUT2D eigenvalue weighted by Gasteiger charge is -2.15. The molecule has 2 aromatic rings. The first-order valence-electron chi connectivity index (χ1n) is 10.1. The SMILES string of the molecule is COCCOc1ccc(Cl)cc1C(=O)/N=c1\sc(C(C)(C)C)cn1C[C@H]1CCCO1. The van der Waals surface area contributed by atoms with E-state index in [-0.39, 0.29) is 17.4 Å². The zero-order valence-electron chi connectivity index (χ0n) is 17.9. The van der Waals surface area contributed by atoms with Crippen molar-refractivity contribution in [1.82, 2.24) is 4.57 Å². The number of methoxy groups -OCH3 is 1. The number of nitrogens with zero attached hydrogens (tertiary/aromatic N) is 2. The molecule has 0 unspecified atom stereocenters. The molecule has 0 saturated carbocycles. The van der Waals surface area contributed by atoms with Gasteiger partial charge in [0.15, 0.2) is 4.80 Å². The summed E-state index contributed by atoms with van der Waals surface area (Å²) in [6.07, 6.45) is 4.33. The number of halogens is 1. The Labute approximate surface area is 186 Å². The Kier molecular flexibility index (Phi) is 7.74. The molecule has 1 atom stereocenters. The molecule has 1 saturated heterocycles. The minimum atomic E-state index is -0.381. The standard InChI is InChI=1S/C22H29ClN2O4S/c1-22(2,3)19-14-25(13-16-6-5-9-28-16)21(30-19)24-20(26)17-12-15(23)7-8-18(17)29-11-10-27-4/h7-8,12,14,16H,5-6,9-11,13H2,1-4H3/b24-21-/t16-/m1/s1. The lowest BCUT2D eigenvalue weighted by molar-refractivity contribution is 0.0947. The van der Waals surface area contributed by atoms with Gasteiger partial charge in [-0.15, -0.1) is 11.3 Å². The monoisotopic (exact) mass is 452 g/mol. The van der Waals surface area contributed by atoms with Crippen LogP contribution >= 0.6 is 22.9 Å². The van der Waals surface area contributed by atoms with Gasteiger partial charge in [0.2, 0.25) is 0 Å². The van der Waals surface area contributed by atoms with Gasteiger partial charge in [0, 0.05) is 29.8 Å². The van der Waals surface area contributed by atoms with Crippen molar-refractivity contribution in [2.24, 2.45) is 4.99 Å². The zero-order chi connectivity index (χ0) is 21.7. The molecule has 8 heteroatoms. The third kappa shape index (κ3) is 5.94. The first-order valence-corrected chi connectivity index (χ1v) is 11.3. The van der Waals surface area contributed by atoms with Gasteiger partial charge in [0.05, 0.1) is 24.8 Å². The number of thiazole rings is 1. The molecule has 1 aromatic carbocycles. The van der Waals surface area contributed by atoms with Crippen molar-refractivity contribution >= 4 is 28.8 Å². The zero-order valence-corrected chi connectivity index (χ0v) is 19.5. The van der Waals surface area contributed by atoms with E-state index in [9.17, 15) is 4.79 Å². The molecule has 0 radical (unpaired) electrons. The maximum atomic E-state index is 13.1. The maximum absolute atomic E-state index is 13.1. The van der Waals surface area contributed by atoms with Gasteiger partial charge >= 0.3 is 0 Å². The number of ether oxygens (including phenoxy) is 3. The number of aromatic nitrogens is 1. The lowest BCUT2D eigenvalue weighted by Crippen LogP contribution is -2.23. The van der Waals surface area contributed by atoms with E-state index in [1.807, 2.05) is 4.57 Å². The molecule has 0 spiro atoms. The van der Waals surface area contributed by atoms with Crippen LogP contribution in [0.25, 0.3) is 0 Å². The second-order valence-electron chi connectivity index (χ2n) is 8.31. The van der Waals surface area contributed by atoms with Gasteiger partial charge in [-0.2, -0.15) is 4.99 Å². The summed E-state index contributed by atoms with van der Waals surface area (Å²) in [5.74, 6) is 0.0665. The molecule has 0 N–H and O–H groups in total. The van der Waals surface area contributed by atoms with Crippen LogP contribution in [0.4, 0.5) is 0 Å². The summed E-state index contributed by atoms with van der Waals surface area (Å²) >= 11 is 7.67. The third-order valence-corrected chi connectivity index (χ3v) is 6.48. The Balaban J connectivity index is 1.96. The number of hydrogen-bond donors (Lipinski definition) is 0. The van der Waals surface area contributed by atoms with Crippen molar-refractivity contribution in [2.45, 2.75) is 51.7 Å². The fourth-order valence-electron chi connectivity index (χ4n) is 3.13. The van der Waals surface area contributed by atoms with Crippen LogP contribution in [0, 0.1) is 0 Å². The highest BCUT2D eigenvalue weighted by Gasteiger charge is 2.22. The summed E-state index contributed by atoms with van der Waals surface area (Å²) in [6, 6.07) is 4.98. The van der Waals surface area contributed by atoms with E-state index in [4.69, 9.17) is 25.8 Å². The highest BCUT2D eigenvalue weighted by molar-refractivity contribution is 7.09. The molecule has 0 aliphatic carbocycles. The second-order valence-corrected chi connectivity index (χ2v) is 9.76. The van der Waals surface area contributed by atoms with Crippen LogP contribution in [0.2, 0.25) is 5.02 Å². The van der Waals surface area contributed by atoms with Crippen molar-refractivity contribution in [1.29, 1.82) is 0 Å². The summed E-state index contributed by atoms with van der Waals surface area (Å²) < 4.78 is 18.6. The summed E-state index contributed by atoms with van der Waals surface area (Å²) in [4.78, 5) is 19.4. The molecular weight excluding hydrogens is 424 g/mol. The molecule has 0 bridgehead atoms. The van der Waals surface area contributed by atoms with Crippen molar-refractivity contribution in [3.63, 3.8) is 0 Å². The Morgan fingerprint density at radius 1 is 1.37 bits per heavy atom. The number of carbonyl (C=O) groups excluding carboxylic acids is 1. The number of carbonyl (C=O) groups is 1. The maximum Gasteiger partial charge on any atom is 0.283 e. The average molecular weight is 453 g/mol. The molecule has 30 heavy (non-hydrogen) atoms. The van der Waals surface area contributed by atoms with Gasteiger partial charge in [-0.05, 0) is 36.5 Å². The summed E-state index contributed by atoms with van der Waals surface area (Å²) in [6.45, 7) is 8.70. The number of rotatable bonds is 7. The Morgan fingerprint density at radius 2 is 2.17 bits per heavy atom. The molecule has 164 valence electrons. The normalized spacial score (nSPS) is 17.5. The van der Waals surface area contributed by atoms with Gasteiger partial charge in [0.25, 0.3) is 5.91 Å². The van der Waals surface area contributed by atoms with Crippen LogP contribution in [0.15, 0.2) is 29.4 Å². The van der Waals surface area contributed by atoms with Crippen LogP contribution in [-0.2, 0) is 21.4 Å². The molecule has 6 nitrogen and oxygen atoms in total. The Morgan fingerprint density at radius 3 is 2.83 bits per heavy atom. The van der Waals surface area contributed by atoms with E-state index in [1.165, 1.54) is 11.3 Å². The van der Waals surface area contributed by atoms with E-state index < -0.39 is 0 Å². The van der Waals surface area contributed by atoms with Gasteiger partial charge in [-0.25, -0.2) is 0 Å². The fraction of sp³-hybridized carbons (Fsp3) is 0.545. The van der Waals surface area contributed by atoms with E-state index in [0.29, 0.717) is 40.9 Å². The van der Waals surface area contributed by atoms with Crippen molar-refractivity contribution in [2.75, 3.05) is 26.9 Å². The van der Waals surface area contributed by atoms with Crippen molar-refractivity contribution in [3.05, 3.63) is 44.7 Å². The van der Waals surface area contributed by atoms with E-state index >= 15 is 0 Å². The molecule has 1 amide bonds. The number of benzene rings is 1. The summed E-state index contributed by atoms with van der Waals surface area (Å²) in [5, 5.41) is 0.460. The first kappa shape index (κ1) is 23.0. The minimum absolute atomic E-state index is 0.0375. The third-order valence-electron chi connectivity index (χ3n) is 4.80. The van der Waals surface area contributed by atoms with Gasteiger partial charge in [-0.1, -0.05) is 32.4 Å². The van der Waals surface area contributed by atoms with Crippen molar-refractivity contribution in [3.8, 4) is 5.75 Å². The highest BCUT2D eigenvalue weighted by Crippen LogP contribution is 2.26. The molecule has 2 heterocycles. The highest BCUT2D eigenvalue weighted by atomic mass is 35.5. The van der Waals surface area contributed by atoms with Crippen LogP contribution in [0.5, 0.6) is 5.75 Å². The van der Waals surface area contributed by atoms with Crippen molar-refractivity contribution < 1.29 is 19.0 Å². The van der Waals surface area contributed by atoms with Gasteiger partial charge in [0.1, 0.15) is 12.4 Å². The van der Waals surface area contributed by atoms with Gasteiger partial charge < -0.3 is 18.8 Å². The number of amides is 1. The van der Waals surface area contributed by atoms with E-state index in [2.05, 4.69) is 32.0 Å². The molecule has 1 aromatic heterocycles. The van der Waals surface area contributed by atoms with Crippen LogP contribution in [-0.4, -0.2) is 43.5 Å². The molecule has 1 fully saturated rings. The Bertz CT molecular complexity index is 939. The lowest BCUT2D eigenvalue weighted by atomic mass is 9.95. The Hall–Kier alpha value is -1.67. The fourth-order valence-corrected chi connectivity index (χ4v) is 4.36. The van der Waals surface area contributed by atoms with Crippen LogP contribution in [0.3, 0.4) is 0 Å². The van der Waals surface area contributed by atoms with E-state index in [1.54, 1.807) is 25.3 Å². The first-order chi connectivity index (χ1) is 14.3. The van der Waals surface area contributed by atoms with Crippen LogP contribution in [0.1, 0.15) is 48.8 Å². The average Bonchev–Trinajstić information content (AvgIpc) is 3.33. The molecule has 3 rings (SSSR count). The van der Waals surface area contributed by atoms with Crippen LogP contribution < -0.4 is 9.54 Å². The predicted octanol–water partition coefficient (Wildman–Crippen LogP) is 4.45. The summed E-state index contributed by atoms with van der Waals surface area (Å²) in [5.41, 5.74) is 0.303. The molecular formula is C22H29ClN2O4S. The minimum Gasteiger partial charge on any atom is -0.490 e. The van der Waals surface area contributed by atoms with E-state index in [0.717, 1.165) is 24.3 Å². The molecule has 1 aliphatic heterocycles.